The summed E-state index contributed by atoms with van der Waals surface area (Å²) in [7, 11) is 3.08. The van der Waals surface area contributed by atoms with Gasteiger partial charge in [0.25, 0.3) is 0 Å². The third kappa shape index (κ3) is 6.53. The molecule has 1 amide bonds. The van der Waals surface area contributed by atoms with Gasteiger partial charge in [0.2, 0.25) is 5.91 Å². The highest BCUT2D eigenvalue weighted by Crippen LogP contribution is 2.36. The number of nitrogens with one attached hydrogen (secondary N) is 2. The second kappa shape index (κ2) is 12.4. The van der Waals surface area contributed by atoms with E-state index in [1.807, 2.05) is 0 Å². The highest BCUT2D eigenvalue weighted by atomic mass is 127. The number of benzene rings is 1. The summed E-state index contributed by atoms with van der Waals surface area (Å²) < 4.78 is 17.3. The Kier molecular flexibility index (Phi) is 10.3. The molecule has 30 heavy (non-hydrogen) atoms. The zero-order valence-corrected chi connectivity index (χ0v) is 19.2. The van der Waals surface area contributed by atoms with Crippen molar-refractivity contribution in [1.82, 2.24) is 10.6 Å². The summed E-state index contributed by atoms with van der Waals surface area (Å²) in [6.07, 6.45) is 0.173. The quantitative estimate of drug-likeness (QED) is 0.197. The number of ether oxygens (including phenoxy) is 3. The molecule has 0 radical (unpaired) electrons. The van der Waals surface area contributed by atoms with E-state index in [1.165, 1.54) is 7.11 Å². The molecule has 3 unspecified atom stereocenters. The van der Waals surface area contributed by atoms with E-state index >= 15 is 0 Å². The SMILES string of the molecule is COCCNC1CC(C(=O)NCCO)=CC(Oc2c(I)cc(CO)cc2OC)C1O. The minimum Gasteiger partial charge on any atom is -0.493 e. The monoisotopic (exact) mass is 536 g/mol. The summed E-state index contributed by atoms with van der Waals surface area (Å²) in [5, 5.41) is 35.1. The molecule has 0 fully saturated rings. The first-order valence-electron chi connectivity index (χ1n) is 9.59. The van der Waals surface area contributed by atoms with E-state index < -0.39 is 18.2 Å². The number of rotatable bonds is 11. The maximum atomic E-state index is 12.5. The fraction of sp³-hybridized carbons (Fsp3) is 0.550. The van der Waals surface area contributed by atoms with Gasteiger partial charge in [0, 0.05) is 31.8 Å². The first-order chi connectivity index (χ1) is 14.4. The first-order valence-corrected chi connectivity index (χ1v) is 10.7. The highest BCUT2D eigenvalue weighted by Gasteiger charge is 2.35. The summed E-state index contributed by atoms with van der Waals surface area (Å²) >= 11 is 2.07. The van der Waals surface area contributed by atoms with Crippen molar-refractivity contribution in [3.05, 3.63) is 32.9 Å². The fourth-order valence-corrected chi connectivity index (χ4v) is 3.95. The molecule has 168 valence electrons. The third-order valence-corrected chi connectivity index (χ3v) is 5.48. The van der Waals surface area contributed by atoms with Crippen LogP contribution in [0, 0.1) is 3.57 Å². The average Bonchev–Trinajstić information content (AvgIpc) is 2.75. The zero-order chi connectivity index (χ0) is 22.1. The second-order valence-corrected chi connectivity index (χ2v) is 7.93. The van der Waals surface area contributed by atoms with E-state index in [1.54, 1.807) is 25.3 Å². The smallest absolute Gasteiger partial charge is 0.247 e. The van der Waals surface area contributed by atoms with Crippen molar-refractivity contribution in [1.29, 1.82) is 0 Å². The van der Waals surface area contributed by atoms with Gasteiger partial charge in [0.05, 0.1) is 30.5 Å². The maximum absolute atomic E-state index is 12.5. The predicted octanol–water partition coefficient (Wildman–Crippen LogP) is -0.0564. The highest BCUT2D eigenvalue weighted by molar-refractivity contribution is 14.1. The van der Waals surface area contributed by atoms with Gasteiger partial charge < -0.3 is 40.2 Å². The van der Waals surface area contributed by atoms with E-state index in [4.69, 9.17) is 19.3 Å². The number of carbonyl (C=O) groups excluding carboxylic acids is 1. The molecule has 1 aromatic carbocycles. The molecule has 3 atom stereocenters. The molecule has 9 nitrogen and oxygen atoms in total. The minimum atomic E-state index is -0.922. The van der Waals surface area contributed by atoms with Crippen LogP contribution in [0.4, 0.5) is 0 Å². The van der Waals surface area contributed by atoms with Crippen molar-refractivity contribution >= 4 is 28.5 Å². The molecule has 1 aliphatic carbocycles. The lowest BCUT2D eigenvalue weighted by molar-refractivity contribution is -0.118. The number of carbonyl (C=O) groups is 1. The number of amides is 1. The van der Waals surface area contributed by atoms with Crippen LogP contribution >= 0.6 is 22.6 Å². The number of hydrogen-bond acceptors (Lipinski definition) is 8. The summed E-state index contributed by atoms with van der Waals surface area (Å²) in [6.45, 7) is 0.796. The van der Waals surface area contributed by atoms with E-state index in [-0.39, 0.29) is 25.7 Å². The Morgan fingerprint density at radius 1 is 1.27 bits per heavy atom. The van der Waals surface area contributed by atoms with Gasteiger partial charge in [-0.05, 0) is 52.8 Å². The van der Waals surface area contributed by atoms with Gasteiger partial charge in [-0.1, -0.05) is 0 Å². The summed E-state index contributed by atoms with van der Waals surface area (Å²) in [6, 6.07) is 3.01. The Bertz CT molecular complexity index is 744. The molecule has 0 bridgehead atoms. The Morgan fingerprint density at radius 2 is 2.03 bits per heavy atom. The van der Waals surface area contributed by atoms with Gasteiger partial charge in [-0.2, -0.15) is 0 Å². The van der Waals surface area contributed by atoms with Crippen molar-refractivity contribution in [3.8, 4) is 11.5 Å². The lowest BCUT2D eigenvalue weighted by Gasteiger charge is -2.34. The number of halogens is 1. The molecule has 0 spiro atoms. The van der Waals surface area contributed by atoms with Crippen molar-refractivity contribution in [2.45, 2.75) is 31.3 Å². The van der Waals surface area contributed by atoms with Gasteiger partial charge in [0.1, 0.15) is 12.2 Å². The normalized spacial score (nSPS) is 21.1. The average molecular weight is 536 g/mol. The van der Waals surface area contributed by atoms with Crippen molar-refractivity contribution in [2.75, 3.05) is 40.5 Å². The van der Waals surface area contributed by atoms with Gasteiger partial charge >= 0.3 is 0 Å². The molecule has 0 aliphatic heterocycles. The van der Waals surface area contributed by atoms with Crippen LogP contribution in [0.1, 0.15) is 12.0 Å². The summed E-state index contributed by atoms with van der Waals surface area (Å²) in [4.78, 5) is 12.5. The Morgan fingerprint density at radius 3 is 2.67 bits per heavy atom. The van der Waals surface area contributed by atoms with Gasteiger partial charge in [-0.25, -0.2) is 0 Å². The van der Waals surface area contributed by atoms with Crippen LogP contribution in [-0.4, -0.2) is 80.0 Å². The Labute approximate surface area is 189 Å². The Hall–Kier alpha value is -1.44. The van der Waals surface area contributed by atoms with Crippen molar-refractivity contribution in [3.63, 3.8) is 0 Å². The molecule has 1 aromatic rings. The molecule has 0 aromatic heterocycles. The number of methoxy groups -OCH3 is 2. The largest absolute Gasteiger partial charge is 0.493 e. The van der Waals surface area contributed by atoms with Gasteiger partial charge in [0.15, 0.2) is 11.5 Å². The summed E-state index contributed by atoms with van der Waals surface area (Å²) in [5.41, 5.74) is 1.13. The van der Waals surface area contributed by atoms with Crippen LogP contribution in [0.5, 0.6) is 11.5 Å². The molecule has 10 heteroatoms. The van der Waals surface area contributed by atoms with Gasteiger partial charge in [-0.3, -0.25) is 4.79 Å². The molecular weight excluding hydrogens is 507 g/mol. The molecule has 1 aliphatic rings. The number of aliphatic hydroxyl groups is 3. The Balaban J connectivity index is 2.31. The molecule has 0 saturated heterocycles. The number of hydrogen-bond donors (Lipinski definition) is 5. The molecule has 2 rings (SSSR count). The third-order valence-electron chi connectivity index (χ3n) is 4.68. The first kappa shape index (κ1) is 24.8. The zero-order valence-electron chi connectivity index (χ0n) is 17.1. The summed E-state index contributed by atoms with van der Waals surface area (Å²) in [5.74, 6) is 0.524. The fourth-order valence-electron chi connectivity index (χ4n) is 3.16. The van der Waals surface area contributed by atoms with E-state index in [0.29, 0.717) is 45.8 Å². The van der Waals surface area contributed by atoms with Crippen LogP contribution < -0.4 is 20.1 Å². The minimum absolute atomic E-state index is 0.139. The van der Waals surface area contributed by atoms with E-state index in [0.717, 1.165) is 0 Å². The van der Waals surface area contributed by atoms with Gasteiger partial charge in [-0.15, -0.1) is 0 Å². The number of aliphatic hydroxyl groups excluding tert-OH is 3. The standard InChI is InChI=1S/C20H29IN2O7/c1-28-6-4-22-15-9-13(20(27)23-3-5-24)10-16(18(15)26)30-19-14(21)7-12(11-25)8-17(19)29-2/h7-8,10,15-16,18,22,24-26H,3-6,9,11H2,1-2H3,(H,23,27). The van der Waals surface area contributed by atoms with Crippen LogP contribution in [-0.2, 0) is 16.1 Å². The molecule has 0 saturated carbocycles. The maximum Gasteiger partial charge on any atom is 0.247 e. The van der Waals surface area contributed by atoms with Crippen molar-refractivity contribution in [2.24, 2.45) is 0 Å². The lowest BCUT2D eigenvalue weighted by atomic mass is 9.89. The van der Waals surface area contributed by atoms with Crippen LogP contribution in [0.2, 0.25) is 0 Å². The van der Waals surface area contributed by atoms with Crippen LogP contribution in [0.25, 0.3) is 0 Å². The lowest BCUT2D eigenvalue weighted by Crippen LogP contribution is -2.52. The second-order valence-electron chi connectivity index (χ2n) is 6.77. The molecule has 5 N–H and O–H groups in total. The van der Waals surface area contributed by atoms with E-state index in [9.17, 15) is 15.0 Å². The molecular formula is C20H29IN2O7. The van der Waals surface area contributed by atoms with Crippen LogP contribution in [0.15, 0.2) is 23.8 Å². The molecule has 0 heterocycles. The topological polar surface area (TPSA) is 130 Å². The van der Waals surface area contributed by atoms with Crippen molar-refractivity contribution < 1.29 is 34.3 Å². The van der Waals surface area contributed by atoms with Crippen LogP contribution in [0.3, 0.4) is 0 Å². The predicted molar refractivity (Wildman–Crippen MR) is 119 cm³/mol. The van der Waals surface area contributed by atoms with E-state index in [2.05, 4.69) is 33.2 Å².